The fourth-order valence-corrected chi connectivity index (χ4v) is 22.1. The van der Waals surface area contributed by atoms with Crippen molar-refractivity contribution in [2.75, 3.05) is 0 Å². The van der Waals surface area contributed by atoms with E-state index in [0.717, 1.165) is 10.5 Å². The molecule has 0 saturated heterocycles. The predicted molar refractivity (Wildman–Crippen MR) is 124 cm³/mol. The minimum absolute atomic E-state index is 0.113. The Balaban J connectivity index is 3.07. The highest BCUT2D eigenvalue weighted by molar-refractivity contribution is 7.33. The molecular formula is C17H36O3Si5. The molecule has 0 heterocycles. The molecular weight excluding hydrogens is 393 g/mol. The molecule has 1 atom stereocenters. The van der Waals surface area contributed by atoms with Gasteiger partial charge in [0.2, 0.25) is 8.56 Å². The van der Waals surface area contributed by atoms with E-state index in [9.17, 15) is 0 Å². The lowest BCUT2D eigenvalue weighted by atomic mass is 10.2. The van der Waals surface area contributed by atoms with E-state index < -0.39 is 32.8 Å². The highest BCUT2D eigenvalue weighted by Gasteiger charge is 2.43. The fraction of sp³-hybridized carbons (Fsp3) is 0.529. The van der Waals surface area contributed by atoms with Crippen molar-refractivity contribution in [2.45, 2.75) is 58.3 Å². The summed E-state index contributed by atoms with van der Waals surface area (Å²) in [5.41, 5.74) is 3.67. The van der Waals surface area contributed by atoms with Crippen molar-refractivity contribution in [3.63, 3.8) is 0 Å². The Morgan fingerprint density at radius 2 is 1.36 bits per heavy atom. The molecule has 1 rings (SSSR count). The molecule has 0 aliphatic heterocycles. The molecule has 0 radical (unpaired) electrons. The minimum atomic E-state index is -1.71. The SMILES string of the molecule is C[Si](C)(C)OC(O[Si](C)(C)C)[SiH](O[SiH3])[Si](C)(C)C=Cc1ccccc1. The molecule has 0 aromatic heterocycles. The summed E-state index contributed by atoms with van der Waals surface area (Å²) in [6, 6.07) is 10.5. The largest absolute Gasteiger partial charge is 0.464 e. The summed E-state index contributed by atoms with van der Waals surface area (Å²) < 4.78 is 19.3. The van der Waals surface area contributed by atoms with Crippen LogP contribution in [0.1, 0.15) is 5.56 Å². The van der Waals surface area contributed by atoms with Gasteiger partial charge in [-0.15, -0.1) is 0 Å². The first-order valence-corrected chi connectivity index (χ1v) is 22.6. The van der Waals surface area contributed by atoms with E-state index in [1.165, 1.54) is 5.56 Å². The average Bonchev–Trinajstić information content (AvgIpc) is 2.43. The monoisotopic (exact) mass is 428 g/mol. The van der Waals surface area contributed by atoms with Crippen LogP contribution < -0.4 is 0 Å². The number of hydrogen-bond acceptors (Lipinski definition) is 3. The van der Waals surface area contributed by atoms with Crippen molar-refractivity contribution in [3.8, 4) is 0 Å². The van der Waals surface area contributed by atoms with Gasteiger partial charge in [-0.05, 0) is 44.8 Å². The zero-order chi connectivity index (χ0) is 19.3. The van der Waals surface area contributed by atoms with Crippen molar-refractivity contribution in [2.24, 2.45) is 0 Å². The van der Waals surface area contributed by atoms with Gasteiger partial charge in [0, 0.05) is 0 Å². The molecule has 1 aromatic rings. The van der Waals surface area contributed by atoms with Gasteiger partial charge in [-0.1, -0.05) is 55.2 Å². The van der Waals surface area contributed by atoms with E-state index in [1.54, 1.807) is 0 Å². The van der Waals surface area contributed by atoms with Crippen LogP contribution in [-0.2, 0) is 13.0 Å². The Kier molecular flexibility index (Phi) is 8.47. The van der Waals surface area contributed by atoms with Gasteiger partial charge < -0.3 is 13.0 Å². The van der Waals surface area contributed by atoms with Crippen LogP contribution in [0.2, 0.25) is 52.4 Å². The second-order valence-electron chi connectivity index (χ2n) is 9.05. The molecule has 25 heavy (non-hydrogen) atoms. The van der Waals surface area contributed by atoms with Crippen LogP contribution >= 0.6 is 0 Å². The Labute approximate surface area is 162 Å². The molecule has 0 amide bonds. The average molecular weight is 429 g/mol. The van der Waals surface area contributed by atoms with E-state index in [2.05, 4.69) is 94.5 Å². The van der Waals surface area contributed by atoms with Crippen molar-refractivity contribution in [1.82, 2.24) is 0 Å². The van der Waals surface area contributed by atoms with E-state index in [4.69, 9.17) is 13.0 Å². The number of benzene rings is 1. The van der Waals surface area contributed by atoms with Crippen LogP contribution in [-0.4, -0.2) is 49.2 Å². The van der Waals surface area contributed by atoms with Crippen LogP contribution in [0.3, 0.4) is 0 Å². The summed E-state index contributed by atoms with van der Waals surface area (Å²) >= 11 is 0. The summed E-state index contributed by atoms with van der Waals surface area (Å²) in [6.45, 7) is 18.2. The lowest BCUT2D eigenvalue weighted by molar-refractivity contribution is 0.0510. The zero-order valence-electron chi connectivity index (χ0n) is 17.4. The van der Waals surface area contributed by atoms with Crippen molar-refractivity contribution in [1.29, 1.82) is 0 Å². The fourth-order valence-electron chi connectivity index (χ4n) is 2.58. The summed E-state index contributed by atoms with van der Waals surface area (Å²) in [7, 11) is -6.01. The summed E-state index contributed by atoms with van der Waals surface area (Å²) in [5.74, 6) is -0.113. The minimum Gasteiger partial charge on any atom is -0.464 e. The first-order chi connectivity index (χ1) is 11.3. The smallest absolute Gasteiger partial charge is 0.214 e. The van der Waals surface area contributed by atoms with Crippen LogP contribution in [0.5, 0.6) is 0 Å². The Hall–Kier alpha value is -0.0756. The Morgan fingerprint density at radius 1 is 0.880 bits per heavy atom. The number of hydrogen-bond donors (Lipinski definition) is 0. The lowest BCUT2D eigenvalue weighted by Gasteiger charge is -2.40. The molecule has 0 aliphatic rings. The molecule has 0 spiro atoms. The van der Waals surface area contributed by atoms with Crippen LogP contribution in [0.4, 0.5) is 0 Å². The molecule has 0 bridgehead atoms. The highest BCUT2D eigenvalue weighted by Crippen LogP contribution is 2.23. The van der Waals surface area contributed by atoms with Gasteiger partial charge in [0.15, 0.2) is 16.6 Å². The lowest BCUT2D eigenvalue weighted by Crippen LogP contribution is -2.60. The first kappa shape index (κ1) is 23.0. The predicted octanol–water partition coefficient (Wildman–Crippen LogP) is 3.61. The van der Waals surface area contributed by atoms with Crippen molar-refractivity contribution < 1.29 is 13.0 Å². The van der Waals surface area contributed by atoms with Crippen molar-refractivity contribution >= 4 is 49.3 Å². The number of rotatable bonds is 9. The van der Waals surface area contributed by atoms with Gasteiger partial charge in [-0.25, -0.2) is 0 Å². The first-order valence-electron chi connectivity index (χ1n) is 8.97. The third-order valence-electron chi connectivity index (χ3n) is 3.68. The topological polar surface area (TPSA) is 27.7 Å². The molecule has 8 heteroatoms. The van der Waals surface area contributed by atoms with Gasteiger partial charge in [-0.3, -0.25) is 0 Å². The normalized spacial score (nSPS) is 15.2. The molecule has 3 nitrogen and oxygen atoms in total. The summed E-state index contributed by atoms with van der Waals surface area (Å²) in [6.07, 6.45) is 2.26. The third kappa shape index (κ3) is 8.91. The van der Waals surface area contributed by atoms with Gasteiger partial charge in [0.1, 0.15) is 16.4 Å². The van der Waals surface area contributed by atoms with Gasteiger partial charge >= 0.3 is 0 Å². The van der Waals surface area contributed by atoms with Crippen molar-refractivity contribution in [3.05, 3.63) is 41.6 Å². The molecule has 0 fully saturated rings. The molecule has 0 saturated carbocycles. The van der Waals surface area contributed by atoms with Gasteiger partial charge in [0.05, 0.1) is 7.59 Å². The maximum absolute atomic E-state index is 6.52. The molecule has 0 aliphatic carbocycles. The zero-order valence-corrected chi connectivity index (χ0v) is 23.6. The molecule has 0 N–H and O–H groups in total. The van der Waals surface area contributed by atoms with E-state index in [0.29, 0.717) is 0 Å². The maximum Gasteiger partial charge on any atom is 0.214 e. The highest BCUT2D eigenvalue weighted by atomic mass is 29.2. The van der Waals surface area contributed by atoms with Gasteiger partial charge in [-0.2, -0.15) is 0 Å². The quantitative estimate of drug-likeness (QED) is 0.444. The van der Waals surface area contributed by atoms with E-state index in [-0.39, 0.29) is 5.91 Å². The summed E-state index contributed by atoms with van der Waals surface area (Å²) in [4.78, 5) is 0. The summed E-state index contributed by atoms with van der Waals surface area (Å²) in [5, 5.41) is 0. The van der Waals surface area contributed by atoms with Gasteiger partial charge in [0.25, 0.3) is 0 Å². The Morgan fingerprint density at radius 3 is 1.76 bits per heavy atom. The Bertz CT molecular complexity index is 534. The standard InChI is InChI=1S/C17H36O3Si5/c1-23(2,3)18-17(19-24(4,5)6)22(20-21)25(7,8)15-14-16-12-10-9-11-13-16/h9-15,17,22H,1-8,21H3. The second kappa shape index (κ2) is 9.22. The van der Waals surface area contributed by atoms with Crippen LogP contribution in [0, 0.1) is 0 Å². The van der Waals surface area contributed by atoms with Crippen LogP contribution in [0.25, 0.3) is 6.08 Å². The maximum atomic E-state index is 6.52. The molecule has 1 unspecified atom stereocenters. The van der Waals surface area contributed by atoms with E-state index in [1.807, 2.05) is 0 Å². The molecule has 142 valence electrons. The molecule has 1 aromatic carbocycles. The second-order valence-corrected chi connectivity index (χ2v) is 31.4. The van der Waals surface area contributed by atoms with Crippen LogP contribution in [0.15, 0.2) is 36.0 Å². The van der Waals surface area contributed by atoms with E-state index >= 15 is 0 Å². The third-order valence-corrected chi connectivity index (χ3v) is 19.3.